The molecular formula is C18H23N3O3. The second-order valence-corrected chi connectivity index (χ2v) is 6.11. The molecule has 1 aliphatic heterocycles. The number of carbonyl (C=O) groups excluding carboxylic acids is 1. The molecule has 1 aromatic heterocycles. The van der Waals surface area contributed by atoms with Gasteiger partial charge in [0.25, 0.3) is 5.91 Å². The molecule has 1 N–H and O–H groups in total. The fraction of sp³-hybridized carbons (Fsp3) is 0.444. The topological polar surface area (TPSA) is 65.4 Å². The Bertz CT molecular complexity index is 726. The van der Waals surface area contributed by atoms with Gasteiger partial charge in [0.2, 0.25) is 0 Å². The Morgan fingerprint density at radius 3 is 2.92 bits per heavy atom. The second-order valence-electron chi connectivity index (χ2n) is 6.11. The maximum atomic E-state index is 12.6. The number of aromatic nitrogens is 2. The Kier molecular flexibility index (Phi) is 4.97. The molecule has 0 bridgehead atoms. The summed E-state index contributed by atoms with van der Waals surface area (Å²) in [7, 11) is 1.64. The van der Waals surface area contributed by atoms with Crippen molar-refractivity contribution in [3.05, 3.63) is 47.3 Å². The Morgan fingerprint density at radius 1 is 1.38 bits per heavy atom. The SMILES string of the molecule is CO[C@@H]1COCC[C@H]1NC(=O)c1cccc(-n2nc(C)cc2C)c1. The van der Waals surface area contributed by atoms with E-state index in [9.17, 15) is 4.79 Å². The maximum absolute atomic E-state index is 12.6. The van der Waals surface area contributed by atoms with E-state index in [1.165, 1.54) is 0 Å². The molecule has 1 fully saturated rings. The van der Waals surface area contributed by atoms with Crippen LogP contribution in [-0.2, 0) is 9.47 Å². The minimum atomic E-state index is -0.109. The van der Waals surface area contributed by atoms with Crippen LogP contribution in [0.5, 0.6) is 0 Å². The van der Waals surface area contributed by atoms with Crippen LogP contribution in [0.3, 0.4) is 0 Å². The predicted molar refractivity (Wildman–Crippen MR) is 90.5 cm³/mol. The van der Waals surface area contributed by atoms with Crippen molar-refractivity contribution < 1.29 is 14.3 Å². The van der Waals surface area contributed by atoms with E-state index in [0.29, 0.717) is 18.8 Å². The lowest BCUT2D eigenvalue weighted by atomic mass is 10.1. The summed E-state index contributed by atoms with van der Waals surface area (Å²) in [5, 5.41) is 7.53. The molecule has 3 rings (SSSR count). The third kappa shape index (κ3) is 3.49. The van der Waals surface area contributed by atoms with Crippen LogP contribution < -0.4 is 5.32 Å². The number of ether oxygens (including phenoxy) is 2. The number of methoxy groups -OCH3 is 1. The van der Waals surface area contributed by atoms with Crippen LogP contribution in [0.25, 0.3) is 5.69 Å². The lowest BCUT2D eigenvalue weighted by Gasteiger charge is -2.31. The van der Waals surface area contributed by atoms with Gasteiger partial charge in [-0.2, -0.15) is 5.10 Å². The number of hydrogen-bond acceptors (Lipinski definition) is 4. The van der Waals surface area contributed by atoms with Gasteiger partial charge in [-0.3, -0.25) is 4.79 Å². The van der Waals surface area contributed by atoms with Crippen molar-refractivity contribution >= 4 is 5.91 Å². The van der Waals surface area contributed by atoms with E-state index in [0.717, 1.165) is 23.5 Å². The number of benzene rings is 1. The van der Waals surface area contributed by atoms with Crippen LogP contribution in [0.2, 0.25) is 0 Å². The largest absolute Gasteiger partial charge is 0.379 e. The van der Waals surface area contributed by atoms with Gasteiger partial charge < -0.3 is 14.8 Å². The molecular weight excluding hydrogens is 306 g/mol. The highest BCUT2D eigenvalue weighted by Crippen LogP contribution is 2.15. The first kappa shape index (κ1) is 16.7. The molecule has 24 heavy (non-hydrogen) atoms. The van der Waals surface area contributed by atoms with Crippen LogP contribution in [0.1, 0.15) is 28.2 Å². The molecule has 6 nitrogen and oxygen atoms in total. The van der Waals surface area contributed by atoms with Gasteiger partial charge in [0, 0.05) is 25.0 Å². The summed E-state index contributed by atoms with van der Waals surface area (Å²) in [6, 6.07) is 9.47. The zero-order chi connectivity index (χ0) is 17.1. The third-order valence-electron chi connectivity index (χ3n) is 4.29. The fourth-order valence-corrected chi connectivity index (χ4v) is 3.03. The van der Waals surface area contributed by atoms with E-state index < -0.39 is 0 Å². The number of nitrogens with zero attached hydrogens (tertiary/aromatic N) is 2. The van der Waals surface area contributed by atoms with Crippen LogP contribution in [-0.4, -0.2) is 48.2 Å². The lowest BCUT2D eigenvalue weighted by molar-refractivity contribution is -0.0479. The van der Waals surface area contributed by atoms with Crippen molar-refractivity contribution in [2.75, 3.05) is 20.3 Å². The van der Waals surface area contributed by atoms with Crippen molar-refractivity contribution in [3.8, 4) is 5.69 Å². The minimum Gasteiger partial charge on any atom is -0.379 e. The fourth-order valence-electron chi connectivity index (χ4n) is 3.03. The number of amides is 1. The lowest BCUT2D eigenvalue weighted by Crippen LogP contribution is -2.49. The minimum absolute atomic E-state index is 0.0337. The van der Waals surface area contributed by atoms with E-state index in [1.807, 2.05) is 48.9 Å². The van der Waals surface area contributed by atoms with Crippen molar-refractivity contribution in [2.24, 2.45) is 0 Å². The van der Waals surface area contributed by atoms with Crippen LogP contribution in [0.4, 0.5) is 0 Å². The van der Waals surface area contributed by atoms with Crippen molar-refractivity contribution in [3.63, 3.8) is 0 Å². The standard InChI is InChI=1S/C18H23N3O3/c1-12-9-13(2)21(20-12)15-6-4-5-14(10-15)18(22)19-16-7-8-24-11-17(16)23-3/h4-6,9-10,16-17H,7-8,11H2,1-3H3,(H,19,22)/t16-,17-/m1/s1. The van der Waals surface area contributed by atoms with Crippen molar-refractivity contribution in [1.29, 1.82) is 0 Å². The van der Waals surface area contributed by atoms with Gasteiger partial charge >= 0.3 is 0 Å². The highest BCUT2D eigenvalue weighted by atomic mass is 16.5. The van der Waals surface area contributed by atoms with Gasteiger partial charge in [-0.05, 0) is 44.5 Å². The monoisotopic (exact) mass is 329 g/mol. The number of hydrogen-bond donors (Lipinski definition) is 1. The van der Waals surface area contributed by atoms with Gasteiger partial charge in [-0.25, -0.2) is 4.68 Å². The van der Waals surface area contributed by atoms with E-state index in [2.05, 4.69) is 10.4 Å². The molecule has 2 atom stereocenters. The van der Waals surface area contributed by atoms with Gasteiger partial charge in [0.05, 0.1) is 24.0 Å². The summed E-state index contributed by atoms with van der Waals surface area (Å²) in [6.45, 7) is 5.10. The third-order valence-corrected chi connectivity index (χ3v) is 4.29. The van der Waals surface area contributed by atoms with Gasteiger partial charge in [0.1, 0.15) is 6.10 Å². The maximum Gasteiger partial charge on any atom is 0.251 e. The molecule has 1 aliphatic rings. The Hall–Kier alpha value is -2.18. The van der Waals surface area contributed by atoms with E-state index in [1.54, 1.807) is 7.11 Å². The Morgan fingerprint density at radius 2 is 2.21 bits per heavy atom. The van der Waals surface area contributed by atoms with Crippen LogP contribution in [0.15, 0.2) is 30.3 Å². The number of aryl methyl sites for hydroxylation is 2. The highest BCUT2D eigenvalue weighted by molar-refractivity contribution is 5.95. The van der Waals surface area contributed by atoms with E-state index >= 15 is 0 Å². The highest BCUT2D eigenvalue weighted by Gasteiger charge is 2.27. The molecule has 0 aliphatic carbocycles. The molecule has 1 aromatic carbocycles. The molecule has 128 valence electrons. The first-order valence-electron chi connectivity index (χ1n) is 8.13. The second kappa shape index (κ2) is 7.15. The molecule has 0 radical (unpaired) electrons. The number of nitrogens with one attached hydrogen (secondary N) is 1. The zero-order valence-electron chi connectivity index (χ0n) is 14.3. The molecule has 1 amide bonds. The molecule has 2 heterocycles. The summed E-state index contributed by atoms with van der Waals surface area (Å²) in [4.78, 5) is 12.6. The normalized spacial score (nSPS) is 20.8. The summed E-state index contributed by atoms with van der Waals surface area (Å²) < 4.78 is 12.6. The first-order chi connectivity index (χ1) is 11.6. The van der Waals surface area contributed by atoms with E-state index in [-0.39, 0.29) is 18.1 Å². The van der Waals surface area contributed by atoms with Gasteiger partial charge in [-0.1, -0.05) is 6.07 Å². The van der Waals surface area contributed by atoms with Gasteiger partial charge in [0.15, 0.2) is 0 Å². The van der Waals surface area contributed by atoms with Gasteiger partial charge in [-0.15, -0.1) is 0 Å². The van der Waals surface area contributed by atoms with Crippen molar-refractivity contribution in [1.82, 2.24) is 15.1 Å². The van der Waals surface area contributed by atoms with Crippen molar-refractivity contribution in [2.45, 2.75) is 32.4 Å². The average Bonchev–Trinajstić information content (AvgIpc) is 2.94. The van der Waals surface area contributed by atoms with Crippen LogP contribution >= 0.6 is 0 Å². The molecule has 0 spiro atoms. The zero-order valence-corrected chi connectivity index (χ0v) is 14.3. The molecule has 0 saturated carbocycles. The number of carbonyl (C=O) groups is 1. The smallest absolute Gasteiger partial charge is 0.251 e. The quantitative estimate of drug-likeness (QED) is 0.932. The average molecular weight is 329 g/mol. The summed E-state index contributed by atoms with van der Waals surface area (Å²) in [6.07, 6.45) is 0.642. The summed E-state index contributed by atoms with van der Waals surface area (Å²) in [5.74, 6) is -0.104. The summed E-state index contributed by atoms with van der Waals surface area (Å²) >= 11 is 0. The molecule has 2 aromatic rings. The van der Waals surface area contributed by atoms with Crippen LogP contribution in [0, 0.1) is 13.8 Å². The Balaban J connectivity index is 1.78. The Labute approximate surface area is 141 Å². The predicted octanol–water partition coefficient (Wildman–Crippen LogP) is 2.02. The molecule has 6 heteroatoms. The van der Waals surface area contributed by atoms with E-state index in [4.69, 9.17) is 9.47 Å². The summed E-state index contributed by atoms with van der Waals surface area (Å²) in [5.41, 5.74) is 3.48. The number of rotatable bonds is 4. The molecule has 1 saturated heterocycles. The first-order valence-corrected chi connectivity index (χ1v) is 8.13. The molecule has 0 unspecified atom stereocenters.